The van der Waals surface area contributed by atoms with Crippen LogP contribution in [-0.2, 0) is 32.1 Å². The van der Waals surface area contributed by atoms with Crippen LogP contribution < -0.4 is 5.32 Å². The molecule has 0 radical (unpaired) electrons. The monoisotopic (exact) mass is 399 g/mol. The first-order chi connectivity index (χ1) is 13.9. The van der Waals surface area contributed by atoms with E-state index in [-0.39, 0.29) is 18.3 Å². The number of carbonyl (C=O) groups excluding carboxylic acids is 2. The fourth-order valence-corrected chi connectivity index (χ4v) is 3.00. The number of hydrogen-bond donors (Lipinski definition) is 2. The number of benzene rings is 2. The highest BCUT2D eigenvalue weighted by molar-refractivity contribution is 5.80. The molecule has 0 aliphatic heterocycles. The predicted molar refractivity (Wildman–Crippen MR) is 110 cm³/mol. The summed E-state index contributed by atoms with van der Waals surface area (Å²) < 4.78 is 10.4. The van der Waals surface area contributed by atoms with E-state index in [0.29, 0.717) is 12.8 Å². The Hall–Kier alpha value is -2.86. The standard InChI is InChI=1S/C23H29NO5/c1-16(2)13-20(23(27)29-15-18-7-5-4-6-8-18)24-21(22(26)28-3)14-17-9-11-19(25)12-10-17/h4-12,16,20-21,24-25H,13-15H2,1-3H3/t20?,21-/m0/s1. The van der Waals surface area contributed by atoms with E-state index in [9.17, 15) is 14.7 Å². The van der Waals surface area contributed by atoms with Gasteiger partial charge in [0, 0.05) is 0 Å². The van der Waals surface area contributed by atoms with Crippen molar-refractivity contribution < 1.29 is 24.2 Å². The molecule has 0 saturated carbocycles. The summed E-state index contributed by atoms with van der Waals surface area (Å²) in [5.41, 5.74) is 1.74. The summed E-state index contributed by atoms with van der Waals surface area (Å²) in [7, 11) is 1.32. The van der Waals surface area contributed by atoms with Crippen LogP contribution in [0.25, 0.3) is 0 Å². The van der Waals surface area contributed by atoms with Crippen molar-refractivity contribution >= 4 is 11.9 Å². The largest absolute Gasteiger partial charge is 0.508 e. The first-order valence-corrected chi connectivity index (χ1v) is 9.71. The fourth-order valence-electron chi connectivity index (χ4n) is 3.00. The van der Waals surface area contributed by atoms with Crippen molar-refractivity contribution in [3.63, 3.8) is 0 Å². The third-order valence-corrected chi connectivity index (χ3v) is 4.48. The highest BCUT2D eigenvalue weighted by Crippen LogP contribution is 2.14. The van der Waals surface area contributed by atoms with Gasteiger partial charge in [0.2, 0.25) is 0 Å². The van der Waals surface area contributed by atoms with E-state index in [2.05, 4.69) is 5.32 Å². The molecule has 2 aromatic carbocycles. The van der Waals surface area contributed by atoms with Gasteiger partial charge in [-0.1, -0.05) is 56.3 Å². The normalized spacial score (nSPS) is 13.0. The summed E-state index contributed by atoms with van der Waals surface area (Å²) in [6.45, 7) is 4.19. The first kappa shape index (κ1) is 22.4. The van der Waals surface area contributed by atoms with E-state index in [1.165, 1.54) is 7.11 Å². The molecule has 0 saturated heterocycles. The summed E-state index contributed by atoms with van der Waals surface area (Å²) in [6.07, 6.45) is 0.851. The van der Waals surface area contributed by atoms with Gasteiger partial charge in [-0.25, -0.2) is 0 Å². The Bertz CT molecular complexity index is 774. The molecule has 0 aromatic heterocycles. The lowest BCUT2D eigenvalue weighted by Gasteiger charge is -2.24. The molecule has 0 spiro atoms. The van der Waals surface area contributed by atoms with Gasteiger partial charge >= 0.3 is 11.9 Å². The minimum absolute atomic E-state index is 0.151. The maximum Gasteiger partial charge on any atom is 0.323 e. The maximum atomic E-state index is 12.7. The van der Waals surface area contributed by atoms with Crippen molar-refractivity contribution in [2.24, 2.45) is 5.92 Å². The minimum Gasteiger partial charge on any atom is -0.508 e. The lowest BCUT2D eigenvalue weighted by molar-refractivity contribution is -0.149. The van der Waals surface area contributed by atoms with Crippen LogP contribution in [0, 0.1) is 5.92 Å². The van der Waals surface area contributed by atoms with E-state index in [1.54, 1.807) is 24.3 Å². The molecule has 2 rings (SSSR count). The molecule has 0 bridgehead atoms. The smallest absolute Gasteiger partial charge is 0.323 e. The zero-order chi connectivity index (χ0) is 21.2. The second-order valence-corrected chi connectivity index (χ2v) is 7.39. The number of phenols is 1. The van der Waals surface area contributed by atoms with Gasteiger partial charge in [0.25, 0.3) is 0 Å². The van der Waals surface area contributed by atoms with E-state index in [0.717, 1.165) is 11.1 Å². The van der Waals surface area contributed by atoms with E-state index in [1.807, 2.05) is 44.2 Å². The van der Waals surface area contributed by atoms with Crippen LogP contribution in [-0.4, -0.2) is 36.2 Å². The summed E-state index contributed by atoms with van der Waals surface area (Å²) in [5, 5.41) is 12.6. The number of aromatic hydroxyl groups is 1. The molecule has 0 aliphatic rings. The van der Waals surface area contributed by atoms with Gasteiger partial charge in [-0.3, -0.25) is 14.9 Å². The van der Waals surface area contributed by atoms with Crippen LogP contribution in [0.15, 0.2) is 54.6 Å². The molecule has 6 nitrogen and oxygen atoms in total. The van der Waals surface area contributed by atoms with Crippen LogP contribution in [0.3, 0.4) is 0 Å². The van der Waals surface area contributed by atoms with Gasteiger partial charge in [0.1, 0.15) is 24.4 Å². The van der Waals surface area contributed by atoms with Crippen molar-refractivity contribution in [1.29, 1.82) is 0 Å². The molecule has 1 unspecified atom stereocenters. The lowest BCUT2D eigenvalue weighted by atomic mass is 10.0. The number of methoxy groups -OCH3 is 1. The Labute approximate surface area is 171 Å². The van der Waals surface area contributed by atoms with Gasteiger partial charge in [-0.15, -0.1) is 0 Å². The highest BCUT2D eigenvalue weighted by atomic mass is 16.5. The zero-order valence-electron chi connectivity index (χ0n) is 17.1. The quantitative estimate of drug-likeness (QED) is 0.597. The molecular weight excluding hydrogens is 370 g/mol. The Morgan fingerprint density at radius 2 is 1.59 bits per heavy atom. The molecule has 0 heterocycles. The zero-order valence-corrected chi connectivity index (χ0v) is 17.1. The minimum atomic E-state index is -0.711. The van der Waals surface area contributed by atoms with Crippen LogP contribution >= 0.6 is 0 Å². The molecule has 0 aliphatic carbocycles. The fraction of sp³-hybridized carbons (Fsp3) is 0.391. The highest BCUT2D eigenvalue weighted by Gasteiger charge is 2.29. The van der Waals surface area contributed by atoms with E-state index >= 15 is 0 Å². The predicted octanol–water partition coefficient (Wildman–Crippen LogP) is 3.22. The van der Waals surface area contributed by atoms with Gasteiger partial charge < -0.3 is 14.6 Å². The molecule has 0 fully saturated rings. The summed E-state index contributed by atoms with van der Waals surface area (Å²) in [4.78, 5) is 25.0. The van der Waals surface area contributed by atoms with Crippen LogP contribution in [0.4, 0.5) is 0 Å². The molecule has 2 aromatic rings. The number of esters is 2. The van der Waals surface area contributed by atoms with Crippen molar-refractivity contribution in [2.45, 2.75) is 45.4 Å². The van der Waals surface area contributed by atoms with Gasteiger partial charge in [0.15, 0.2) is 0 Å². The molecule has 29 heavy (non-hydrogen) atoms. The number of carbonyl (C=O) groups is 2. The maximum absolute atomic E-state index is 12.7. The Kier molecular flexibility index (Phi) is 8.68. The number of ether oxygens (including phenoxy) is 2. The van der Waals surface area contributed by atoms with Gasteiger partial charge in [0.05, 0.1) is 7.11 Å². The number of nitrogens with one attached hydrogen (secondary N) is 1. The van der Waals surface area contributed by atoms with Crippen molar-refractivity contribution in [3.05, 3.63) is 65.7 Å². The summed E-state index contributed by atoms with van der Waals surface area (Å²) in [6, 6.07) is 14.7. The lowest BCUT2D eigenvalue weighted by Crippen LogP contribution is -2.49. The van der Waals surface area contributed by atoms with Gasteiger partial charge in [-0.05, 0) is 42.0 Å². The molecule has 6 heteroatoms. The molecule has 2 atom stereocenters. The molecular formula is C23H29NO5. The second-order valence-electron chi connectivity index (χ2n) is 7.39. The Balaban J connectivity index is 2.09. The molecule has 0 amide bonds. The van der Waals surface area contributed by atoms with Crippen LogP contribution in [0.1, 0.15) is 31.4 Å². The van der Waals surface area contributed by atoms with Crippen LogP contribution in [0.5, 0.6) is 5.75 Å². The van der Waals surface area contributed by atoms with Gasteiger partial charge in [-0.2, -0.15) is 0 Å². The second kappa shape index (κ2) is 11.2. The third kappa shape index (κ3) is 7.58. The average molecular weight is 399 g/mol. The summed E-state index contributed by atoms with van der Waals surface area (Å²) in [5.74, 6) is -0.480. The molecule has 2 N–H and O–H groups in total. The molecule has 156 valence electrons. The third-order valence-electron chi connectivity index (χ3n) is 4.48. The van der Waals surface area contributed by atoms with Crippen LogP contribution in [0.2, 0.25) is 0 Å². The topological polar surface area (TPSA) is 84.9 Å². The Morgan fingerprint density at radius 1 is 0.931 bits per heavy atom. The number of phenolic OH excluding ortho intramolecular Hbond substituents is 1. The van der Waals surface area contributed by atoms with Crippen molar-refractivity contribution in [2.75, 3.05) is 7.11 Å². The average Bonchev–Trinajstić information content (AvgIpc) is 2.72. The number of hydrogen-bond acceptors (Lipinski definition) is 6. The van der Waals surface area contributed by atoms with E-state index in [4.69, 9.17) is 9.47 Å². The van der Waals surface area contributed by atoms with E-state index < -0.39 is 24.0 Å². The van der Waals surface area contributed by atoms with Crippen molar-refractivity contribution in [1.82, 2.24) is 5.32 Å². The number of rotatable bonds is 10. The summed E-state index contributed by atoms with van der Waals surface area (Å²) >= 11 is 0. The SMILES string of the molecule is COC(=O)[C@H](Cc1ccc(O)cc1)NC(CC(C)C)C(=O)OCc1ccccc1. The van der Waals surface area contributed by atoms with Crippen molar-refractivity contribution in [3.8, 4) is 5.75 Å². The Morgan fingerprint density at radius 3 is 2.17 bits per heavy atom. The first-order valence-electron chi connectivity index (χ1n) is 9.71.